The number of methoxy groups -OCH3 is 1. The van der Waals surface area contributed by atoms with Crippen LogP contribution in [0.4, 0.5) is 0 Å². The van der Waals surface area contributed by atoms with E-state index in [1.165, 1.54) is 24.0 Å². The molecule has 2 aromatic rings. The van der Waals surface area contributed by atoms with Crippen molar-refractivity contribution in [2.75, 3.05) is 20.2 Å². The van der Waals surface area contributed by atoms with Gasteiger partial charge in [0.05, 0.1) is 19.3 Å². The minimum absolute atomic E-state index is 0.171. The monoisotopic (exact) mass is 435 g/mol. The molecule has 3 aliphatic rings. The summed E-state index contributed by atoms with van der Waals surface area (Å²) in [5, 5.41) is 11.4. The molecule has 0 unspecified atom stereocenters. The van der Waals surface area contributed by atoms with Gasteiger partial charge in [0, 0.05) is 31.0 Å². The first kappa shape index (κ1) is 21.8. The number of aliphatic hydroxyl groups is 1. The average molecular weight is 436 g/mol. The molecule has 2 aromatic carbocycles. The lowest BCUT2D eigenvalue weighted by Gasteiger charge is -2.36. The predicted molar refractivity (Wildman–Crippen MR) is 127 cm³/mol. The first-order valence-electron chi connectivity index (χ1n) is 12.4. The van der Waals surface area contributed by atoms with E-state index in [1.54, 1.807) is 7.11 Å². The number of rotatable bonds is 8. The number of likely N-dealkylation sites (tertiary alicyclic amines) is 1. The van der Waals surface area contributed by atoms with Crippen molar-refractivity contribution < 1.29 is 14.6 Å². The molecule has 0 amide bonds. The van der Waals surface area contributed by atoms with E-state index < -0.39 is 0 Å². The Morgan fingerprint density at radius 1 is 1.03 bits per heavy atom. The van der Waals surface area contributed by atoms with Crippen molar-refractivity contribution >= 4 is 0 Å². The number of benzene rings is 2. The van der Waals surface area contributed by atoms with Crippen LogP contribution in [0, 0.1) is 11.3 Å². The minimum Gasteiger partial charge on any atom is -0.493 e. The maximum absolute atomic E-state index is 11.4. The van der Waals surface area contributed by atoms with Gasteiger partial charge in [0.2, 0.25) is 0 Å². The molecule has 0 bridgehead atoms. The van der Waals surface area contributed by atoms with Gasteiger partial charge in [0.15, 0.2) is 11.5 Å². The summed E-state index contributed by atoms with van der Waals surface area (Å²) in [5.74, 6) is 2.39. The van der Waals surface area contributed by atoms with Gasteiger partial charge in [0.1, 0.15) is 0 Å². The average Bonchev–Trinajstić information content (AvgIpc) is 3.43. The van der Waals surface area contributed by atoms with Crippen LogP contribution in [-0.2, 0) is 6.54 Å². The Morgan fingerprint density at radius 2 is 1.78 bits per heavy atom. The van der Waals surface area contributed by atoms with Gasteiger partial charge in [-0.3, -0.25) is 4.90 Å². The van der Waals surface area contributed by atoms with Crippen LogP contribution in [0.25, 0.3) is 0 Å². The number of ether oxygens (including phenoxy) is 2. The zero-order valence-corrected chi connectivity index (χ0v) is 19.5. The number of aliphatic hydroxyl groups excluding tert-OH is 1. The molecule has 3 atom stereocenters. The highest BCUT2D eigenvalue weighted by atomic mass is 16.5. The van der Waals surface area contributed by atoms with Gasteiger partial charge in [-0.2, -0.15) is 0 Å². The molecule has 2 aliphatic carbocycles. The lowest BCUT2D eigenvalue weighted by Crippen LogP contribution is -2.40. The fraction of sp³-hybridized carbons (Fsp3) is 0.571. The zero-order chi connectivity index (χ0) is 22.1. The Morgan fingerprint density at radius 3 is 2.47 bits per heavy atom. The molecule has 2 saturated carbocycles. The first-order chi connectivity index (χ1) is 15.6. The molecule has 32 heavy (non-hydrogen) atoms. The first-order valence-corrected chi connectivity index (χ1v) is 12.4. The highest BCUT2D eigenvalue weighted by Gasteiger charge is 2.52. The maximum atomic E-state index is 11.4. The molecule has 3 fully saturated rings. The molecule has 1 aliphatic heterocycles. The molecule has 4 heteroatoms. The summed E-state index contributed by atoms with van der Waals surface area (Å²) < 4.78 is 12.0. The lowest BCUT2D eigenvalue weighted by molar-refractivity contribution is 0.0157. The Bertz CT molecular complexity index is 906. The Balaban J connectivity index is 1.43. The van der Waals surface area contributed by atoms with E-state index in [0.717, 1.165) is 56.8 Å². The van der Waals surface area contributed by atoms with Gasteiger partial charge in [0.25, 0.3) is 0 Å². The maximum Gasteiger partial charge on any atom is 0.161 e. The summed E-state index contributed by atoms with van der Waals surface area (Å²) in [6.07, 6.45) is 7.07. The third-order valence-corrected chi connectivity index (χ3v) is 7.98. The van der Waals surface area contributed by atoms with Gasteiger partial charge in [-0.05, 0) is 67.7 Å². The zero-order valence-electron chi connectivity index (χ0n) is 19.5. The molecule has 0 spiro atoms. The third kappa shape index (κ3) is 4.40. The topological polar surface area (TPSA) is 41.9 Å². The van der Waals surface area contributed by atoms with Crippen molar-refractivity contribution in [3.05, 3.63) is 59.7 Å². The molecule has 5 rings (SSSR count). The van der Waals surface area contributed by atoms with Crippen molar-refractivity contribution in [2.45, 2.75) is 70.1 Å². The lowest BCUT2D eigenvalue weighted by atomic mass is 9.70. The van der Waals surface area contributed by atoms with Crippen LogP contribution < -0.4 is 9.47 Å². The SMILES string of the molecule is COc1ccc([C@@H]2CN(Cc3ccccc3)C[C@@]2(C)[C@@H](O)C2CC2)cc1OC1CCCC1. The smallest absolute Gasteiger partial charge is 0.161 e. The van der Waals surface area contributed by atoms with E-state index in [-0.39, 0.29) is 17.4 Å². The van der Waals surface area contributed by atoms with Gasteiger partial charge >= 0.3 is 0 Å². The largest absolute Gasteiger partial charge is 0.493 e. The van der Waals surface area contributed by atoms with E-state index in [2.05, 4.69) is 60.4 Å². The molecule has 0 radical (unpaired) electrons. The van der Waals surface area contributed by atoms with Crippen molar-refractivity contribution in [2.24, 2.45) is 11.3 Å². The molecule has 172 valence electrons. The van der Waals surface area contributed by atoms with Crippen molar-refractivity contribution in [3.63, 3.8) is 0 Å². The molecule has 1 saturated heterocycles. The van der Waals surface area contributed by atoms with Crippen LogP contribution in [0.5, 0.6) is 11.5 Å². The second-order valence-corrected chi connectivity index (χ2v) is 10.4. The Kier molecular flexibility index (Phi) is 6.18. The van der Waals surface area contributed by atoms with Gasteiger partial charge < -0.3 is 14.6 Å². The van der Waals surface area contributed by atoms with Crippen molar-refractivity contribution in [1.29, 1.82) is 0 Å². The normalized spacial score (nSPS) is 27.5. The Hall–Kier alpha value is -2.04. The summed E-state index contributed by atoms with van der Waals surface area (Å²) >= 11 is 0. The minimum atomic E-state index is -0.269. The Labute approximate surface area is 192 Å². The fourth-order valence-corrected chi connectivity index (χ4v) is 6.01. The van der Waals surface area contributed by atoms with E-state index in [4.69, 9.17) is 9.47 Å². The van der Waals surface area contributed by atoms with E-state index in [9.17, 15) is 5.11 Å². The second kappa shape index (κ2) is 9.07. The van der Waals surface area contributed by atoms with Gasteiger partial charge in [-0.1, -0.05) is 43.3 Å². The highest BCUT2D eigenvalue weighted by molar-refractivity contribution is 5.45. The number of hydrogen-bond donors (Lipinski definition) is 1. The van der Waals surface area contributed by atoms with Crippen LogP contribution in [0.1, 0.15) is 62.5 Å². The molecule has 4 nitrogen and oxygen atoms in total. The molecule has 1 heterocycles. The van der Waals surface area contributed by atoms with E-state index >= 15 is 0 Å². The van der Waals surface area contributed by atoms with Crippen LogP contribution in [0.2, 0.25) is 0 Å². The summed E-state index contributed by atoms with van der Waals surface area (Å²) in [4.78, 5) is 2.52. The molecular weight excluding hydrogens is 398 g/mol. The van der Waals surface area contributed by atoms with Gasteiger partial charge in [-0.15, -0.1) is 0 Å². The third-order valence-electron chi connectivity index (χ3n) is 7.98. The van der Waals surface area contributed by atoms with Crippen LogP contribution >= 0.6 is 0 Å². The quantitative estimate of drug-likeness (QED) is 0.603. The standard InChI is InChI=1S/C28H37NO3/c1-28(27(30)21-12-13-21)19-29(17-20-8-4-3-5-9-20)18-24(28)22-14-15-25(31-2)26(16-22)32-23-10-6-7-11-23/h3-5,8-9,14-16,21,23-24,27,30H,6-7,10-13,17-19H2,1-2H3/t24-,27-,28+/m0/s1. The number of nitrogens with zero attached hydrogens (tertiary/aromatic N) is 1. The summed E-state index contributed by atoms with van der Waals surface area (Å²) in [7, 11) is 1.72. The second-order valence-electron chi connectivity index (χ2n) is 10.4. The summed E-state index contributed by atoms with van der Waals surface area (Å²) in [6, 6.07) is 17.1. The molecule has 0 aromatic heterocycles. The highest BCUT2D eigenvalue weighted by Crippen LogP contribution is 2.52. The number of hydrogen-bond acceptors (Lipinski definition) is 4. The van der Waals surface area contributed by atoms with Crippen LogP contribution in [0.15, 0.2) is 48.5 Å². The summed E-state index contributed by atoms with van der Waals surface area (Å²) in [5.41, 5.74) is 2.42. The fourth-order valence-electron chi connectivity index (χ4n) is 6.01. The van der Waals surface area contributed by atoms with Crippen molar-refractivity contribution in [3.8, 4) is 11.5 Å². The molecular formula is C28H37NO3. The predicted octanol–water partition coefficient (Wildman–Crippen LogP) is 5.39. The van der Waals surface area contributed by atoms with E-state index in [1.807, 2.05) is 0 Å². The van der Waals surface area contributed by atoms with E-state index in [0.29, 0.717) is 12.0 Å². The molecule has 1 N–H and O–H groups in total. The van der Waals surface area contributed by atoms with Crippen molar-refractivity contribution in [1.82, 2.24) is 4.90 Å². The van der Waals surface area contributed by atoms with Crippen LogP contribution in [0.3, 0.4) is 0 Å². The van der Waals surface area contributed by atoms with Crippen LogP contribution in [-0.4, -0.2) is 42.4 Å². The van der Waals surface area contributed by atoms with Gasteiger partial charge in [-0.25, -0.2) is 0 Å². The summed E-state index contributed by atoms with van der Waals surface area (Å²) in [6.45, 7) is 5.08.